The minimum Gasteiger partial charge on any atom is -0.461 e. The van der Waals surface area contributed by atoms with Crippen LogP contribution in [0.4, 0.5) is 0 Å². The topological polar surface area (TPSA) is 56.7 Å². The molecule has 0 aliphatic heterocycles. The van der Waals surface area contributed by atoms with Gasteiger partial charge in [0.05, 0.1) is 17.0 Å². The van der Waals surface area contributed by atoms with Crippen molar-refractivity contribution < 1.29 is 4.42 Å². The van der Waals surface area contributed by atoms with Gasteiger partial charge in [-0.1, -0.05) is 36.9 Å². The van der Waals surface area contributed by atoms with E-state index in [4.69, 9.17) is 9.40 Å². The fourth-order valence-corrected chi connectivity index (χ4v) is 4.47. The summed E-state index contributed by atoms with van der Waals surface area (Å²) in [5.41, 5.74) is 2.10. The summed E-state index contributed by atoms with van der Waals surface area (Å²) in [5.74, 6) is 2.17. The number of rotatable bonds is 7. The fraction of sp³-hybridized carbons (Fsp3) is 0.211. The standard InChI is InChI=1S/C19H18N4OS2/c1-2-7-17-20-14(12-25-17)13-26-19-22-21-18(16-10-6-11-24-16)23(19)15-8-4-3-5-9-15/h3-6,8-12H,2,7,13H2,1H3. The molecule has 1 aromatic carbocycles. The molecule has 3 heterocycles. The summed E-state index contributed by atoms with van der Waals surface area (Å²) in [6.07, 6.45) is 3.81. The van der Waals surface area contributed by atoms with Gasteiger partial charge in [-0.3, -0.25) is 4.57 Å². The maximum atomic E-state index is 5.54. The summed E-state index contributed by atoms with van der Waals surface area (Å²) < 4.78 is 7.58. The monoisotopic (exact) mass is 382 g/mol. The maximum absolute atomic E-state index is 5.54. The quantitative estimate of drug-likeness (QED) is 0.410. The van der Waals surface area contributed by atoms with E-state index in [-0.39, 0.29) is 0 Å². The first-order valence-electron chi connectivity index (χ1n) is 8.46. The van der Waals surface area contributed by atoms with Gasteiger partial charge in [0.2, 0.25) is 5.82 Å². The Morgan fingerprint density at radius 1 is 1.12 bits per heavy atom. The Kier molecular flexibility index (Phi) is 5.17. The van der Waals surface area contributed by atoms with Crippen LogP contribution in [0.1, 0.15) is 24.0 Å². The smallest absolute Gasteiger partial charge is 0.205 e. The molecule has 0 fully saturated rings. The van der Waals surface area contributed by atoms with Crippen LogP contribution >= 0.6 is 23.1 Å². The number of aryl methyl sites for hydroxylation is 1. The Hall–Kier alpha value is -2.38. The van der Waals surface area contributed by atoms with E-state index >= 15 is 0 Å². The van der Waals surface area contributed by atoms with Crippen molar-refractivity contribution >= 4 is 23.1 Å². The van der Waals surface area contributed by atoms with E-state index in [0.29, 0.717) is 11.6 Å². The predicted molar refractivity (Wildman–Crippen MR) is 105 cm³/mol. The van der Waals surface area contributed by atoms with Gasteiger partial charge in [-0.25, -0.2) is 4.98 Å². The zero-order chi connectivity index (χ0) is 17.8. The van der Waals surface area contributed by atoms with E-state index < -0.39 is 0 Å². The molecule has 0 saturated heterocycles. The lowest BCUT2D eigenvalue weighted by Crippen LogP contribution is -1.99. The molecule has 0 aliphatic carbocycles. The molecule has 5 nitrogen and oxygen atoms in total. The van der Waals surface area contributed by atoms with E-state index in [1.54, 1.807) is 29.4 Å². The Morgan fingerprint density at radius 3 is 2.77 bits per heavy atom. The highest BCUT2D eigenvalue weighted by molar-refractivity contribution is 7.98. The largest absolute Gasteiger partial charge is 0.461 e. The number of aromatic nitrogens is 4. The predicted octanol–water partition coefficient (Wildman–Crippen LogP) is 5.23. The fourth-order valence-electron chi connectivity index (χ4n) is 2.62. The summed E-state index contributed by atoms with van der Waals surface area (Å²) >= 11 is 3.37. The van der Waals surface area contributed by atoms with Crippen LogP contribution in [-0.2, 0) is 12.2 Å². The van der Waals surface area contributed by atoms with Gasteiger partial charge in [0.25, 0.3) is 0 Å². The minimum absolute atomic E-state index is 0.701. The summed E-state index contributed by atoms with van der Waals surface area (Å²) in [4.78, 5) is 4.70. The second-order valence-electron chi connectivity index (χ2n) is 5.73. The van der Waals surface area contributed by atoms with Crippen LogP contribution in [0.2, 0.25) is 0 Å². The summed E-state index contributed by atoms with van der Waals surface area (Å²) in [6, 6.07) is 13.9. The molecule has 0 unspecified atom stereocenters. The Labute approximate surface area is 160 Å². The molecule has 0 radical (unpaired) electrons. The summed E-state index contributed by atoms with van der Waals surface area (Å²) in [7, 11) is 0. The molecular weight excluding hydrogens is 364 g/mol. The number of hydrogen-bond acceptors (Lipinski definition) is 6. The van der Waals surface area contributed by atoms with Crippen LogP contribution in [0.25, 0.3) is 17.3 Å². The molecule has 26 heavy (non-hydrogen) atoms. The van der Waals surface area contributed by atoms with Crippen molar-refractivity contribution in [3.63, 3.8) is 0 Å². The molecule has 0 aliphatic rings. The van der Waals surface area contributed by atoms with Crippen molar-refractivity contribution in [3.05, 3.63) is 64.8 Å². The van der Waals surface area contributed by atoms with E-state index in [2.05, 4.69) is 22.5 Å². The first-order chi connectivity index (χ1) is 12.8. The SMILES string of the molecule is CCCc1nc(CSc2nnc(-c3ccco3)n2-c2ccccc2)cs1. The molecule has 4 rings (SSSR count). The van der Waals surface area contributed by atoms with Gasteiger partial charge in [0.1, 0.15) is 0 Å². The molecule has 0 atom stereocenters. The second kappa shape index (κ2) is 7.88. The molecule has 0 N–H and O–H groups in total. The lowest BCUT2D eigenvalue weighted by molar-refractivity contribution is 0.575. The van der Waals surface area contributed by atoms with Crippen LogP contribution in [0, 0.1) is 0 Å². The molecule has 132 valence electrons. The zero-order valence-corrected chi connectivity index (χ0v) is 16.0. The molecule has 0 saturated carbocycles. The second-order valence-corrected chi connectivity index (χ2v) is 7.61. The van der Waals surface area contributed by atoms with Gasteiger partial charge in [-0.15, -0.1) is 21.5 Å². The number of benzene rings is 1. The lowest BCUT2D eigenvalue weighted by Gasteiger charge is -2.08. The number of furan rings is 1. The van der Waals surface area contributed by atoms with Crippen molar-refractivity contribution in [2.75, 3.05) is 0 Å². The number of thiazole rings is 1. The Bertz CT molecular complexity index is 961. The average molecular weight is 383 g/mol. The summed E-state index contributed by atoms with van der Waals surface area (Å²) in [5, 5.41) is 12.9. The number of hydrogen-bond donors (Lipinski definition) is 0. The van der Waals surface area contributed by atoms with Crippen molar-refractivity contribution in [1.29, 1.82) is 0 Å². The minimum atomic E-state index is 0.701. The normalized spacial score (nSPS) is 11.1. The third-order valence-corrected chi connectivity index (χ3v) is 5.72. The van der Waals surface area contributed by atoms with E-state index in [1.165, 1.54) is 5.01 Å². The number of para-hydroxylation sites is 1. The molecule has 0 bridgehead atoms. The van der Waals surface area contributed by atoms with Crippen molar-refractivity contribution in [2.24, 2.45) is 0 Å². The average Bonchev–Trinajstić information content (AvgIpc) is 3.41. The van der Waals surface area contributed by atoms with Crippen LogP contribution in [-0.4, -0.2) is 19.7 Å². The van der Waals surface area contributed by atoms with Crippen molar-refractivity contribution in [3.8, 4) is 17.3 Å². The first kappa shape index (κ1) is 17.1. The number of thioether (sulfide) groups is 1. The number of nitrogens with zero attached hydrogens (tertiary/aromatic N) is 4. The Morgan fingerprint density at radius 2 is 2.00 bits per heavy atom. The third-order valence-electron chi connectivity index (χ3n) is 3.80. The molecule has 7 heteroatoms. The zero-order valence-electron chi connectivity index (χ0n) is 14.3. The highest BCUT2D eigenvalue weighted by Crippen LogP contribution is 2.30. The highest BCUT2D eigenvalue weighted by atomic mass is 32.2. The third kappa shape index (κ3) is 3.59. The van der Waals surface area contributed by atoms with Gasteiger partial charge < -0.3 is 4.42 Å². The van der Waals surface area contributed by atoms with Gasteiger partial charge >= 0.3 is 0 Å². The molecule has 3 aromatic heterocycles. The van der Waals surface area contributed by atoms with Crippen LogP contribution < -0.4 is 0 Å². The van der Waals surface area contributed by atoms with Crippen molar-refractivity contribution in [1.82, 2.24) is 19.7 Å². The molecular formula is C19H18N4OS2. The van der Waals surface area contributed by atoms with E-state index in [1.807, 2.05) is 47.0 Å². The van der Waals surface area contributed by atoms with E-state index in [9.17, 15) is 0 Å². The maximum Gasteiger partial charge on any atom is 0.205 e. The van der Waals surface area contributed by atoms with E-state index in [0.717, 1.165) is 35.1 Å². The van der Waals surface area contributed by atoms with Gasteiger partial charge in [0.15, 0.2) is 10.9 Å². The summed E-state index contributed by atoms with van der Waals surface area (Å²) in [6.45, 7) is 2.17. The lowest BCUT2D eigenvalue weighted by atomic mass is 10.3. The molecule has 4 aromatic rings. The van der Waals surface area contributed by atoms with Crippen molar-refractivity contribution in [2.45, 2.75) is 30.7 Å². The van der Waals surface area contributed by atoms with Gasteiger partial charge in [-0.2, -0.15) is 0 Å². The van der Waals surface area contributed by atoms with Crippen LogP contribution in [0.15, 0.2) is 63.7 Å². The van der Waals surface area contributed by atoms with Crippen LogP contribution in [0.3, 0.4) is 0 Å². The van der Waals surface area contributed by atoms with Gasteiger partial charge in [-0.05, 0) is 37.1 Å². The highest BCUT2D eigenvalue weighted by Gasteiger charge is 2.18. The first-order valence-corrected chi connectivity index (χ1v) is 10.3. The van der Waals surface area contributed by atoms with Crippen LogP contribution in [0.5, 0.6) is 0 Å². The molecule has 0 amide bonds. The molecule has 0 spiro atoms. The van der Waals surface area contributed by atoms with Gasteiger partial charge in [0, 0.05) is 16.8 Å². The Balaban J connectivity index is 1.63.